The highest BCUT2D eigenvalue weighted by Gasteiger charge is 2.49. The van der Waals surface area contributed by atoms with Crippen LogP contribution in [0.2, 0.25) is 20.1 Å². The number of anilines is 3. The SMILES string of the molecule is C.CC(C)(C)CC(=O)CBr.CCN.CCN(CC(=O)CC(C)(C)C)c1nc(-c2cc(Cl)ccn2)nc2c1CCC2.CCN(CC(=O)CC(C)(C)C)c1nc(-c2cc(OCCN(C)C)ccn2)nc2c1CCC2.CCNc1nc(-c2cc(Cl)ccn2)nc2c1CCC2.CN(C)CCO.O=S(=O)(Oc1nc(-c2cc(Cl)ccn2)nc2c1CCC2)C(F)(F)F.O=c1[nH]c(-c2cc(Cl)ccn2)nc2c1CCC2. The summed E-state index contributed by atoms with van der Waals surface area (Å²) in [5.41, 5.74) is 11.5. The van der Waals surface area contributed by atoms with Crippen LogP contribution in [0.15, 0.2) is 96.4 Å². The summed E-state index contributed by atoms with van der Waals surface area (Å²) in [5, 5.41) is 14.2. The van der Waals surface area contributed by atoms with Crippen LogP contribution in [0.5, 0.6) is 11.6 Å². The van der Waals surface area contributed by atoms with Crippen molar-refractivity contribution < 1.29 is 50.0 Å². The minimum absolute atomic E-state index is 0. The molecular formula is C99H133BrCl4F3N21O9S. The maximum Gasteiger partial charge on any atom is 0.534 e. The van der Waals surface area contributed by atoms with Gasteiger partial charge in [0.05, 0.1) is 36.4 Å². The first-order valence-corrected chi connectivity index (χ1v) is 50.0. The van der Waals surface area contributed by atoms with Crippen LogP contribution in [-0.2, 0) is 88.7 Å². The number of H-pyrrole nitrogens is 1. The van der Waals surface area contributed by atoms with Crippen LogP contribution >= 0.6 is 62.3 Å². The van der Waals surface area contributed by atoms with Gasteiger partial charge in [-0.15, -0.1) is 0 Å². The molecule has 0 fully saturated rings. The second-order valence-electron chi connectivity index (χ2n) is 37.2. The molecule has 0 atom stereocenters. The Labute approximate surface area is 838 Å². The van der Waals surface area contributed by atoms with Crippen LogP contribution in [0.3, 0.4) is 0 Å². The molecular weight excluding hydrogens is 1940 g/mol. The van der Waals surface area contributed by atoms with Crippen molar-refractivity contribution >= 4 is 107 Å². The molecule has 10 aromatic heterocycles. The van der Waals surface area contributed by atoms with Crippen LogP contribution in [0.25, 0.3) is 57.6 Å². The van der Waals surface area contributed by atoms with Crippen molar-refractivity contribution in [1.29, 1.82) is 0 Å². The van der Waals surface area contributed by atoms with Crippen molar-refractivity contribution in [2.24, 2.45) is 22.0 Å². The van der Waals surface area contributed by atoms with E-state index in [1.165, 1.54) is 35.0 Å². The standard InChI is InChI=1S/C25H37N5O2.C21H27ClN4O.C14H15ClN4.C13H9ClF3N3O3S.C12H10ClN3O.C7H13BrO.C4H11NO.C2H7N.CH4/c1-7-30(17-18(31)16-25(2,3)4)24-20-9-8-10-21(20)27-23(28-24)22-15-19(11-12-26-22)32-14-13-29(5)6;1-5-26(13-15(27)12-21(2,3)4)20-16-7-6-8-17(16)24-19(25-20)18-11-14(22)9-10-23-18;1-2-16-13-10-4-3-5-11(10)18-14(19-13)12-8-9(15)6-7-17-12;14-7-4-5-18-10(6-7)11-19-9-3-1-2-8(9)12(20-11)23-24(21,22)13(15,16)17;13-7-4-5-14-10(6-7)11-15-9-3-1-2-8(9)12(17)16-11;1-7(2,3)4-6(9)5-8;1-5(2)3-4-6;1-2-3;/h11-12,15H,7-10,13-14,16-17H2,1-6H3;9-11H,5-8,12-13H2,1-4H3;6-8H,2-5H2,1H3,(H,16,18,19);4-6H,1-3H2;4-6H,1-3H2,(H,15,16,17);4-5H2,1-3H3;6H,3-4H2,1-2H3;2-3H2,1H3;1H4. The minimum atomic E-state index is -5.82. The van der Waals surface area contributed by atoms with Gasteiger partial charge in [0, 0.05) is 154 Å². The molecule has 0 aromatic carbocycles. The zero-order chi connectivity index (χ0) is 101. The second-order valence-corrected chi connectivity index (χ2v) is 41.0. The molecule has 10 heterocycles. The predicted molar refractivity (Wildman–Crippen MR) is 547 cm³/mol. The number of rotatable bonds is 27. The summed E-state index contributed by atoms with van der Waals surface area (Å²) in [5.74, 6) is 5.87. The summed E-state index contributed by atoms with van der Waals surface area (Å²) < 4.78 is 70.4. The van der Waals surface area contributed by atoms with Gasteiger partial charge in [0.25, 0.3) is 5.56 Å². The van der Waals surface area contributed by atoms with E-state index >= 15 is 0 Å². The summed E-state index contributed by atoms with van der Waals surface area (Å²) in [7, 11) is 2.08. The number of aliphatic hydroxyl groups excluding tert-OH is 1. The number of likely N-dealkylation sites (N-methyl/N-ethyl adjacent to an activating group) is 4. The number of halogens is 8. The molecule has 10 aromatic rings. The Balaban J connectivity index is 0.000000226. The Morgan fingerprint density at radius 2 is 0.848 bits per heavy atom. The molecule has 0 unspecified atom stereocenters. The summed E-state index contributed by atoms with van der Waals surface area (Å²) in [4.78, 5) is 121. The van der Waals surface area contributed by atoms with Crippen molar-refractivity contribution in [2.45, 2.75) is 219 Å². The molecule has 0 saturated carbocycles. The fourth-order valence-corrected chi connectivity index (χ4v) is 16.3. The van der Waals surface area contributed by atoms with Gasteiger partial charge in [-0.25, -0.2) is 39.9 Å². The van der Waals surface area contributed by atoms with Gasteiger partial charge < -0.3 is 49.7 Å². The number of ketones is 3. The zero-order valence-electron chi connectivity index (χ0n) is 81.4. The normalized spacial score (nSPS) is 13.1. The third kappa shape index (κ3) is 36.4. The van der Waals surface area contributed by atoms with E-state index in [9.17, 15) is 40.8 Å². The average molecular weight is 2070 g/mol. The van der Waals surface area contributed by atoms with Crippen molar-refractivity contribution in [3.8, 4) is 69.2 Å². The third-order valence-electron chi connectivity index (χ3n) is 21.0. The number of fused-ring (bicyclic) bond motifs is 5. The summed E-state index contributed by atoms with van der Waals surface area (Å²) in [6.07, 6.45) is 23.1. The maximum atomic E-state index is 12.7. The number of nitrogens with one attached hydrogen (secondary N) is 2. The van der Waals surface area contributed by atoms with Crippen molar-refractivity contribution in [3.05, 3.63) is 178 Å². The number of aryl methyl sites for hydroxylation is 5. The average Bonchev–Trinajstić information content (AvgIpc) is 1.57. The van der Waals surface area contributed by atoms with Gasteiger partial charge in [-0.1, -0.05) is 139 Å². The van der Waals surface area contributed by atoms with E-state index in [0.717, 1.165) is 174 Å². The molecule has 0 amide bonds. The Kier molecular flexibility index (Phi) is 45.3. The lowest BCUT2D eigenvalue weighted by Gasteiger charge is -2.26. The summed E-state index contributed by atoms with van der Waals surface area (Å²) >= 11 is 27.0. The molecule has 0 saturated heterocycles. The molecule has 0 bridgehead atoms. The summed E-state index contributed by atoms with van der Waals surface area (Å²) in [6.45, 7) is 33.1. The Hall–Kier alpha value is -9.82. The lowest BCUT2D eigenvalue weighted by Crippen LogP contribution is -2.33. The topological polar surface area (TPSA) is 388 Å². The molecule has 0 aliphatic heterocycles. The van der Waals surface area contributed by atoms with Gasteiger partial charge >= 0.3 is 15.6 Å². The molecule has 5 N–H and O–H groups in total. The highest BCUT2D eigenvalue weighted by atomic mass is 79.9. The predicted octanol–water partition coefficient (Wildman–Crippen LogP) is 18.8. The van der Waals surface area contributed by atoms with E-state index in [0.29, 0.717) is 130 Å². The van der Waals surface area contributed by atoms with Crippen LogP contribution in [0.4, 0.5) is 30.6 Å². The Bertz CT molecular complexity index is 5890. The van der Waals surface area contributed by atoms with E-state index in [2.05, 4.69) is 178 Å². The Morgan fingerprint density at radius 3 is 1.22 bits per heavy atom. The number of nitrogens with two attached hydrogens (primary N) is 1. The highest BCUT2D eigenvalue weighted by Crippen LogP contribution is 2.39. The lowest BCUT2D eigenvalue weighted by molar-refractivity contribution is -0.120. The molecule has 5 aliphatic carbocycles. The minimum Gasteiger partial charge on any atom is -0.492 e. The molecule has 39 heteroatoms. The number of hydrogen-bond acceptors (Lipinski definition) is 29. The van der Waals surface area contributed by atoms with Gasteiger partial charge in [0.2, 0.25) is 5.88 Å². The fourth-order valence-electron chi connectivity index (χ4n) is 15.1. The van der Waals surface area contributed by atoms with Gasteiger partial charge in [0.1, 0.15) is 64.1 Å². The van der Waals surface area contributed by atoms with Crippen molar-refractivity contribution in [3.63, 3.8) is 0 Å². The first kappa shape index (κ1) is 115. The molecule has 750 valence electrons. The highest BCUT2D eigenvalue weighted by molar-refractivity contribution is 9.09. The van der Waals surface area contributed by atoms with Gasteiger partial charge in [-0.05, 0) is 223 Å². The number of Topliss-reactive ketones (excluding diaryl/α,β-unsaturated/α-hetero) is 3. The van der Waals surface area contributed by atoms with Crippen LogP contribution in [-0.4, -0.2) is 220 Å². The second kappa shape index (κ2) is 54.3. The zero-order valence-corrected chi connectivity index (χ0v) is 86.9. The fraction of sp³-hybridized carbons (Fsp3) is 0.515. The third-order valence-corrected chi connectivity index (χ3v) is 23.5. The van der Waals surface area contributed by atoms with E-state index in [4.69, 9.17) is 81.9 Å². The van der Waals surface area contributed by atoms with E-state index in [1.807, 2.05) is 52.1 Å². The van der Waals surface area contributed by atoms with Gasteiger partial charge in [-0.2, -0.15) is 26.6 Å². The quantitative estimate of drug-likeness (QED) is 0.0211. The van der Waals surface area contributed by atoms with Gasteiger partial charge in [0.15, 0.2) is 40.7 Å². The van der Waals surface area contributed by atoms with Crippen molar-refractivity contribution in [2.75, 3.05) is 114 Å². The smallest absolute Gasteiger partial charge is 0.492 e. The maximum absolute atomic E-state index is 12.7. The molecule has 15 rings (SSSR count). The number of aromatic nitrogens is 15. The summed E-state index contributed by atoms with van der Waals surface area (Å²) in [6, 6.07) is 17.1. The largest absolute Gasteiger partial charge is 0.534 e. The monoisotopic (exact) mass is 2070 g/mol. The first-order chi connectivity index (χ1) is 64.7. The van der Waals surface area contributed by atoms with Crippen LogP contribution in [0, 0.1) is 16.2 Å². The van der Waals surface area contributed by atoms with E-state index in [1.54, 1.807) is 61.2 Å². The van der Waals surface area contributed by atoms with Crippen LogP contribution < -0.4 is 35.3 Å². The number of aliphatic hydroxyl groups is 1. The number of carbonyl (C=O) groups is 3. The molecule has 0 radical (unpaired) electrons. The number of nitrogens with zero attached hydrogens (tertiary/aromatic N) is 18. The molecule has 30 nitrogen and oxygen atoms in total. The molecule has 5 aliphatic rings. The number of aromatic amines is 1. The first-order valence-electron chi connectivity index (χ1n) is 46.0. The number of hydrogen-bond donors (Lipinski definition) is 4. The van der Waals surface area contributed by atoms with Crippen LogP contribution in [0.1, 0.15) is 205 Å². The van der Waals surface area contributed by atoms with E-state index in [-0.39, 0.29) is 70.3 Å². The van der Waals surface area contributed by atoms with Crippen molar-refractivity contribution in [1.82, 2.24) is 84.6 Å². The van der Waals surface area contributed by atoms with Gasteiger partial charge in [-0.3, -0.25) is 44.1 Å². The number of alkyl halides is 4. The Morgan fingerprint density at radius 1 is 0.493 bits per heavy atom. The number of carbonyl (C=O) groups excluding carboxylic acids is 3. The number of pyridine rings is 5. The van der Waals surface area contributed by atoms with E-state index < -0.39 is 21.5 Å². The molecule has 138 heavy (non-hydrogen) atoms. The molecule has 0 spiro atoms. The number of ether oxygens (including phenoxy) is 1. The lowest BCUT2D eigenvalue weighted by atomic mass is 9.90.